The van der Waals surface area contributed by atoms with E-state index in [1.54, 1.807) is 17.4 Å². The van der Waals surface area contributed by atoms with E-state index in [4.69, 9.17) is 11.0 Å². The molecule has 0 bridgehead atoms. The van der Waals surface area contributed by atoms with E-state index in [1.165, 1.54) is 4.88 Å². The van der Waals surface area contributed by atoms with Gasteiger partial charge >= 0.3 is 0 Å². The Morgan fingerprint density at radius 2 is 2.25 bits per heavy atom. The first-order valence-electron chi connectivity index (χ1n) is 6.33. The van der Waals surface area contributed by atoms with Crippen molar-refractivity contribution in [3.63, 3.8) is 0 Å². The molecule has 0 amide bonds. The highest BCUT2D eigenvalue weighted by Crippen LogP contribution is 2.08. The van der Waals surface area contributed by atoms with Gasteiger partial charge in [-0.25, -0.2) is 4.99 Å². The number of thiophene rings is 1. The van der Waals surface area contributed by atoms with Crippen molar-refractivity contribution in [2.45, 2.75) is 13.0 Å². The largest absolute Gasteiger partial charge is 0.370 e. The van der Waals surface area contributed by atoms with Crippen LogP contribution < -0.4 is 11.1 Å². The smallest absolute Gasteiger partial charge is 0.188 e. The topological polar surface area (TPSA) is 74.2 Å². The van der Waals surface area contributed by atoms with E-state index in [1.807, 2.05) is 24.3 Å². The highest BCUT2D eigenvalue weighted by molar-refractivity contribution is 7.09. The Morgan fingerprint density at radius 1 is 1.35 bits per heavy atom. The van der Waals surface area contributed by atoms with Crippen molar-refractivity contribution in [2.75, 3.05) is 6.54 Å². The molecule has 5 heteroatoms. The average Bonchev–Trinajstić information content (AvgIpc) is 2.98. The summed E-state index contributed by atoms with van der Waals surface area (Å²) in [4.78, 5) is 5.59. The number of hydrogen-bond donors (Lipinski definition) is 2. The Morgan fingerprint density at radius 3 is 3.00 bits per heavy atom. The zero-order chi connectivity index (χ0) is 14.2. The molecule has 1 heterocycles. The molecule has 0 atom stereocenters. The quantitative estimate of drug-likeness (QED) is 0.653. The number of nitrogens with one attached hydrogen (secondary N) is 1. The first kappa shape index (κ1) is 14.1. The molecule has 4 nitrogen and oxygen atoms in total. The third kappa shape index (κ3) is 4.41. The maximum Gasteiger partial charge on any atom is 0.188 e. The Labute approximate surface area is 122 Å². The van der Waals surface area contributed by atoms with E-state index in [-0.39, 0.29) is 0 Å². The van der Waals surface area contributed by atoms with Gasteiger partial charge in [-0.05, 0) is 35.6 Å². The van der Waals surface area contributed by atoms with Crippen molar-refractivity contribution >= 4 is 17.3 Å². The molecule has 20 heavy (non-hydrogen) atoms. The minimum Gasteiger partial charge on any atom is -0.370 e. The Bertz CT molecular complexity index is 611. The van der Waals surface area contributed by atoms with Gasteiger partial charge in [0.2, 0.25) is 0 Å². The standard InChI is InChI=1S/C15H16N4S/c16-10-12-3-1-4-13(9-12)11-19-15(17)18-7-6-14-5-2-8-20-14/h1-5,8-9H,6-7,11H2,(H3,17,18,19). The average molecular weight is 284 g/mol. The summed E-state index contributed by atoms with van der Waals surface area (Å²) >= 11 is 1.74. The highest BCUT2D eigenvalue weighted by Gasteiger charge is 1.97. The van der Waals surface area contributed by atoms with Crippen molar-refractivity contribution in [1.82, 2.24) is 5.32 Å². The van der Waals surface area contributed by atoms with Crippen molar-refractivity contribution < 1.29 is 0 Å². The molecule has 0 radical (unpaired) electrons. The molecule has 0 saturated carbocycles. The van der Waals surface area contributed by atoms with Crippen LogP contribution in [0.1, 0.15) is 16.0 Å². The summed E-state index contributed by atoms with van der Waals surface area (Å²) in [6, 6.07) is 13.6. The van der Waals surface area contributed by atoms with Crippen LogP contribution in [0.4, 0.5) is 0 Å². The molecule has 1 aromatic carbocycles. The minimum atomic E-state index is 0.434. The lowest BCUT2D eigenvalue weighted by Crippen LogP contribution is -2.33. The molecule has 102 valence electrons. The third-order valence-electron chi connectivity index (χ3n) is 2.75. The maximum absolute atomic E-state index is 8.82. The summed E-state index contributed by atoms with van der Waals surface area (Å²) in [6.07, 6.45) is 0.942. The van der Waals surface area contributed by atoms with E-state index >= 15 is 0 Å². The van der Waals surface area contributed by atoms with Crippen LogP contribution in [0, 0.1) is 11.3 Å². The monoisotopic (exact) mass is 284 g/mol. The second kappa shape index (κ2) is 7.31. The predicted molar refractivity (Wildman–Crippen MR) is 82.5 cm³/mol. The molecule has 0 unspecified atom stereocenters. The van der Waals surface area contributed by atoms with Crippen LogP contribution in [0.25, 0.3) is 0 Å². The highest BCUT2D eigenvalue weighted by atomic mass is 32.1. The second-order valence-electron chi connectivity index (χ2n) is 4.27. The van der Waals surface area contributed by atoms with Crippen LogP contribution >= 0.6 is 11.3 Å². The first-order valence-corrected chi connectivity index (χ1v) is 7.21. The summed E-state index contributed by atoms with van der Waals surface area (Å²) in [6.45, 7) is 1.25. The van der Waals surface area contributed by atoms with Crippen molar-refractivity contribution in [1.29, 1.82) is 5.26 Å². The van der Waals surface area contributed by atoms with Crippen molar-refractivity contribution in [3.05, 3.63) is 57.8 Å². The molecule has 0 fully saturated rings. The van der Waals surface area contributed by atoms with E-state index in [0.717, 1.165) is 18.5 Å². The van der Waals surface area contributed by atoms with E-state index in [9.17, 15) is 0 Å². The summed E-state index contributed by atoms with van der Waals surface area (Å²) in [7, 11) is 0. The van der Waals surface area contributed by atoms with Gasteiger partial charge < -0.3 is 11.1 Å². The number of nitrogens with zero attached hydrogens (tertiary/aromatic N) is 2. The molecule has 0 saturated heterocycles. The predicted octanol–water partition coefficient (Wildman–Crippen LogP) is 2.27. The summed E-state index contributed by atoms with van der Waals surface area (Å²) < 4.78 is 0. The number of aliphatic imine (C=N–C) groups is 1. The maximum atomic E-state index is 8.82. The van der Waals surface area contributed by atoms with Crippen LogP contribution in [0.15, 0.2) is 46.8 Å². The second-order valence-corrected chi connectivity index (χ2v) is 5.30. The minimum absolute atomic E-state index is 0.434. The van der Waals surface area contributed by atoms with Gasteiger partial charge in [-0.1, -0.05) is 18.2 Å². The molecular weight excluding hydrogens is 268 g/mol. The van der Waals surface area contributed by atoms with Crippen LogP contribution in [0.3, 0.4) is 0 Å². The van der Waals surface area contributed by atoms with Gasteiger partial charge in [0, 0.05) is 11.4 Å². The van der Waals surface area contributed by atoms with E-state index < -0.39 is 0 Å². The van der Waals surface area contributed by atoms with Gasteiger partial charge in [-0.15, -0.1) is 11.3 Å². The molecule has 0 aliphatic heterocycles. The Kier molecular flexibility index (Phi) is 5.15. The zero-order valence-electron chi connectivity index (χ0n) is 11.0. The van der Waals surface area contributed by atoms with E-state index in [2.05, 4.69) is 27.8 Å². The van der Waals surface area contributed by atoms with Gasteiger partial charge in [0.25, 0.3) is 0 Å². The van der Waals surface area contributed by atoms with Gasteiger partial charge in [0.15, 0.2) is 5.96 Å². The molecule has 0 aliphatic carbocycles. The summed E-state index contributed by atoms with van der Waals surface area (Å²) in [5.41, 5.74) is 7.43. The number of hydrogen-bond acceptors (Lipinski definition) is 3. The summed E-state index contributed by atoms with van der Waals surface area (Å²) in [5.74, 6) is 0.434. The van der Waals surface area contributed by atoms with Crippen LogP contribution in [-0.2, 0) is 13.0 Å². The van der Waals surface area contributed by atoms with Gasteiger partial charge in [-0.3, -0.25) is 0 Å². The normalized spacial score (nSPS) is 11.1. The number of nitriles is 1. The fraction of sp³-hybridized carbons (Fsp3) is 0.200. The molecule has 0 aliphatic rings. The fourth-order valence-electron chi connectivity index (χ4n) is 1.74. The first-order chi connectivity index (χ1) is 9.78. The molecule has 3 N–H and O–H groups in total. The fourth-order valence-corrected chi connectivity index (χ4v) is 2.45. The number of benzene rings is 1. The Hall–Kier alpha value is -2.32. The van der Waals surface area contributed by atoms with Crippen LogP contribution in [-0.4, -0.2) is 12.5 Å². The lowest BCUT2D eigenvalue weighted by atomic mass is 10.1. The molecule has 1 aromatic heterocycles. The van der Waals surface area contributed by atoms with Gasteiger partial charge in [0.05, 0.1) is 18.2 Å². The van der Waals surface area contributed by atoms with Gasteiger partial charge in [0.1, 0.15) is 0 Å². The molecule has 2 aromatic rings. The molecular formula is C15H16N4S. The molecule has 2 rings (SSSR count). The van der Waals surface area contributed by atoms with Crippen molar-refractivity contribution in [2.24, 2.45) is 10.7 Å². The number of nitrogens with two attached hydrogens (primary N) is 1. The van der Waals surface area contributed by atoms with Crippen LogP contribution in [0.5, 0.6) is 0 Å². The van der Waals surface area contributed by atoms with Gasteiger partial charge in [-0.2, -0.15) is 5.26 Å². The third-order valence-corrected chi connectivity index (χ3v) is 3.68. The SMILES string of the molecule is N#Cc1cccc(CN=C(N)NCCc2cccs2)c1. The number of guanidine groups is 1. The van der Waals surface area contributed by atoms with Crippen LogP contribution in [0.2, 0.25) is 0 Å². The number of rotatable bonds is 5. The van der Waals surface area contributed by atoms with Crippen molar-refractivity contribution in [3.8, 4) is 6.07 Å². The Balaban J connectivity index is 1.80. The lowest BCUT2D eigenvalue weighted by molar-refractivity contribution is 0.857. The molecule has 0 spiro atoms. The zero-order valence-corrected chi connectivity index (χ0v) is 11.9. The van der Waals surface area contributed by atoms with E-state index in [0.29, 0.717) is 18.1 Å². The summed E-state index contributed by atoms with van der Waals surface area (Å²) in [5, 5.41) is 14.0. The lowest BCUT2D eigenvalue weighted by Gasteiger charge is -2.04.